The first-order chi connectivity index (χ1) is 5.56. The van der Waals surface area contributed by atoms with Crippen LogP contribution in [0.3, 0.4) is 0 Å². The Bertz CT molecular complexity index is 168. The molecule has 1 heterocycles. The van der Waals surface area contributed by atoms with E-state index < -0.39 is 10.8 Å². The number of carbonyl (C=O) groups excluding carboxylic acids is 1. The van der Waals surface area contributed by atoms with E-state index in [0.717, 1.165) is 12.2 Å². The second-order valence-corrected chi connectivity index (χ2v) is 4.42. The number of ether oxygens (including phenoxy) is 1. The molecule has 1 saturated heterocycles. The number of hydrogen-bond donors (Lipinski definition) is 0. The molecule has 0 amide bonds. The third-order valence-corrected chi connectivity index (χ3v) is 2.31. The summed E-state index contributed by atoms with van der Waals surface area (Å²) < 4.78 is 14.6. The average Bonchev–Trinajstić information content (AvgIpc) is 2.36. The first kappa shape index (κ1) is 11.6. The van der Waals surface area contributed by atoms with Gasteiger partial charge in [0.25, 0.3) is 0 Å². The van der Waals surface area contributed by atoms with Crippen molar-refractivity contribution in [1.29, 1.82) is 0 Å². The van der Waals surface area contributed by atoms with Crippen molar-refractivity contribution in [3.05, 3.63) is 0 Å². The Morgan fingerprint density at radius 2 is 2.17 bits per heavy atom. The van der Waals surface area contributed by atoms with Gasteiger partial charge in [-0.3, -0.25) is 9.00 Å². The molecule has 72 valence electrons. The van der Waals surface area contributed by atoms with Crippen LogP contribution in [0.1, 0.15) is 26.7 Å². The summed E-state index contributed by atoms with van der Waals surface area (Å²) in [5, 5.41) is 0. The first-order valence-electron chi connectivity index (χ1n) is 4.05. The van der Waals surface area contributed by atoms with Gasteiger partial charge in [-0.1, -0.05) is 6.92 Å². The molecule has 2 atom stereocenters. The number of esters is 1. The third kappa shape index (κ3) is 6.34. The SMILES string of the molecule is CC1CCC(=O)O1.CCS(C)=O. The highest BCUT2D eigenvalue weighted by Gasteiger charge is 2.17. The van der Waals surface area contributed by atoms with Crippen LogP contribution in [0.2, 0.25) is 0 Å². The first-order valence-corrected chi connectivity index (χ1v) is 5.78. The molecule has 0 aromatic carbocycles. The number of carbonyl (C=O) groups is 1. The van der Waals surface area contributed by atoms with Crippen molar-refractivity contribution in [2.24, 2.45) is 0 Å². The zero-order valence-electron chi connectivity index (χ0n) is 7.83. The van der Waals surface area contributed by atoms with Gasteiger partial charge in [0.05, 0.1) is 6.10 Å². The van der Waals surface area contributed by atoms with Gasteiger partial charge in [-0.05, 0) is 13.3 Å². The average molecular weight is 192 g/mol. The van der Waals surface area contributed by atoms with Gasteiger partial charge in [-0.2, -0.15) is 0 Å². The maximum absolute atomic E-state index is 10.2. The Hall–Kier alpha value is -0.380. The van der Waals surface area contributed by atoms with Gasteiger partial charge < -0.3 is 4.74 Å². The van der Waals surface area contributed by atoms with Crippen molar-refractivity contribution in [3.8, 4) is 0 Å². The lowest BCUT2D eigenvalue weighted by Gasteiger charge is -1.95. The van der Waals surface area contributed by atoms with E-state index in [4.69, 9.17) is 4.74 Å². The summed E-state index contributed by atoms with van der Waals surface area (Å²) in [4.78, 5) is 10.2. The molecule has 12 heavy (non-hydrogen) atoms. The van der Waals surface area contributed by atoms with Crippen LogP contribution in [-0.2, 0) is 20.3 Å². The van der Waals surface area contributed by atoms with Gasteiger partial charge in [0, 0.05) is 29.2 Å². The predicted molar refractivity (Wildman–Crippen MR) is 49.4 cm³/mol. The van der Waals surface area contributed by atoms with Crippen molar-refractivity contribution >= 4 is 16.8 Å². The lowest BCUT2D eigenvalue weighted by Crippen LogP contribution is -1.98. The Labute approximate surface area is 75.9 Å². The fraction of sp³-hybridized carbons (Fsp3) is 0.875. The molecule has 1 aliphatic rings. The molecule has 0 aromatic rings. The van der Waals surface area contributed by atoms with Crippen molar-refractivity contribution in [2.75, 3.05) is 12.0 Å². The Morgan fingerprint density at radius 1 is 1.67 bits per heavy atom. The van der Waals surface area contributed by atoms with E-state index in [2.05, 4.69) is 0 Å². The molecule has 0 aromatic heterocycles. The van der Waals surface area contributed by atoms with Gasteiger partial charge >= 0.3 is 5.97 Å². The molecule has 1 aliphatic heterocycles. The molecule has 0 radical (unpaired) electrons. The van der Waals surface area contributed by atoms with Crippen LogP contribution in [0.4, 0.5) is 0 Å². The normalized spacial score (nSPS) is 23.9. The van der Waals surface area contributed by atoms with Gasteiger partial charge in [0.15, 0.2) is 0 Å². The van der Waals surface area contributed by atoms with Gasteiger partial charge in [0.1, 0.15) is 0 Å². The molecule has 0 spiro atoms. The monoisotopic (exact) mass is 192 g/mol. The van der Waals surface area contributed by atoms with Crippen LogP contribution in [0.5, 0.6) is 0 Å². The molecular weight excluding hydrogens is 176 g/mol. The second-order valence-electron chi connectivity index (χ2n) is 2.70. The minimum atomic E-state index is -0.573. The van der Waals surface area contributed by atoms with Gasteiger partial charge in [-0.25, -0.2) is 0 Å². The fourth-order valence-corrected chi connectivity index (χ4v) is 0.663. The minimum Gasteiger partial charge on any atom is -0.463 e. The molecule has 3 nitrogen and oxygen atoms in total. The van der Waals surface area contributed by atoms with Gasteiger partial charge in [0.2, 0.25) is 0 Å². The van der Waals surface area contributed by atoms with E-state index in [1.807, 2.05) is 13.8 Å². The predicted octanol–water partition coefficient (Wildman–Crippen LogP) is 1.10. The van der Waals surface area contributed by atoms with Crippen molar-refractivity contribution in [2.45, 2.75) is 32.8 Å². The highest BCUT2D eigenvalue weighted by molar-refractivity contribution is 7.84. The summed E-state index contributed by atoms with van der Waals surface area (Å²) in [6.45, 7) is 3.81. The Balaban J connectivity index is 0.000000217. The van der Waals surface area contributed by atoms with Crippen molar-refractivity contribution in [3.63, 3.8) is 0 Å². The molecule has 4 heteroatoms. The van der Waals surface area contributed by atoms with Crippen LogP contribution >= 0.6 is 0 Å². The van der Waals surface area contributed by atoms with Crippen molar-refractivity contribution in [1.82, 2.24) is 0 Å². The standard InChI is InChI=1S/C5H8O2.C3H8OS/c1-4-2-3-5(6)7-4;1-3-5(2)4/h4H,2-3H2,1H3;3H2,1-2H3. The molecule has 1 fully saturated rings. The highest BCUT2D eigenvalue weighted by Crippen LogP contribution is 2.11. The van der Waals surface area contributed by atoms with Crippen LogP contribution in [0, 0.1) is 0 Å². The lowest BCUT2D eigenvalue weighted by molar-refractivity contribution is -0.140. The van der Waals surface area contributed by atoms with Crippen LogP contribution in [0.25, 0.3) is 0 Å². The molecule has 0 bridgehead atoms. The molecular formula is C8H16O3S. The van der Waals surface area contributed by atoms with Crippen LogP contribution in [-0.4, -0.2) is 28.3 Å². The van der Waals surface area contributed by atoms with E-state index in [9.17, 15) is 9.00 Å². The topological polar surface area (TPSA) is 43.4 Å². The fourth-order valence-electron chi connectivity index (χ4n) is 0.663. The van der Waals surface area contributed by atoms with E-state index in [1.54, 1.807) is 6.26 Å². The van der Waals surface area contributed by atoms with E-state index in [1.165, 1.54) is 0 Å². The van der Waals surface area contributed by atoms with Crippen LogP contribution in [0.15, 0.2) is 0 Å². The largest absolute Gasteiger partial charge is 0.463 e. The minimum absolute atomic E-state index is 0.0486. The summed E-state index contributed by atoms with van der Waals surface area (Å²) in [5.74, 6) is 0.729. The Morgan fingerprint density at radius 3 is 2.25 bits per heavy atom. The lowest BCUT2D eigenvalue weighted by atomic mass is 10.3. The zero-order valence-corrected chi connectivity index (χ0v) is 8.65. The molecule has 0 N–H and O–H groups in total. The summed E-state index contributed by atoms with van der Waals surface area (Å²) in [6.07, 6.45) is 3.38. The van der Waals surface area contributed by atoms with Gasteiger partial charge in [-0.15, -0.1) is 0 Å². The Kier molecular flexibility index (Phi) is 5.98. The van der Waals surface area contributed by atoms with E-state index >= 15 is 0 Å². The zero-order chi connectivity index (χ0) is 9.56. The summed E-state index contributed by atoms with van der Waals surface area (Å²) in [6, 6.07) is 0. The van der Waals surface area contributed by atoms with Crippen molar-refractivity contribution < 1.29 is 13.7 Å². The molecule has 0 aliphatic carbocycles. The highest BCUT2D eigenvalue weighted by atomic mass is 32.2. The summed E-state index contributed by atoms with van der Waals surface area (Å²) >= 11 is 0. The molecule has 1 rings (SSSR count). The maximum atomic E-state index is 10.2. The summed E-state index contributed by atoms with van der Waals surface area (Å²) in [5.41, 5.74) is 0. The number of hydrogen-bond acceptors (Lipinski definition) is 3. The molecule has 0 saturated carbocycles. The van der Waals surface area contributed by atoms with E-state index in [-0.39, 0.29) is 12.1 Å². The smallest absolute Gasteiger partial charge is 0.306 e. The third-order valence-electron chi connectivity index (χ3n) is 1.49. The summed E-state index contributed by atoms with van der Waals surface area (Å²) in [7, 11) is -0.573. The quantitative estimate of drug-likeness (QED) is 0.584. The number of rotatable bonds is 1. The maximum Gasteiger partial charge on any atom is 0.306 e. The molecule has 2 unspecified atom stereocenters. The second kappa shape index (κ2) is 6.17. The van der Waals surface area contributed by atoms with E-state index in [0.29, 0.717) is 6.42 Å². The number of cyclic esters (lactones) is 1. The van der Waals surface area contributed by atoms with Crippen LogP contribution < -0.4 is 0 Å².